The van der Waals surface area contributed by atoms with Crippen LogP contribution in [-0.4, -0.2) is 58.2 Å². The molecule has 1 aromatic heterocycles. The van der Waals surface area contributed by atoms with E-state index in [4.69, 9.17) is 4.42 Å². The summed E-state index contributed by atoms with van der Waals surface area (Å²) in [6.07, 6.45) is 0.878. The number of carbonyl (C=O) groups excluding carboxylic acids is 1. The summed E-state index contributed by atoms with van der Waals surface area (Å²) < 4.78 is 6.65. The number of rotatable bonds is 7. The minimum absolute atomic E-state index is 0.00502. The molecule has 0 radical (unpaired) electrons. The van der Waals surface area contributed by atoms with Crippen molar-refractivity contribution in [3.63, 3.8) is 0 Å². The summed E-state index contributed by atoms with van der Waals surface area (Å²) in [5.74, 6) is -0.141. The second-order valence-electron chi connectivity index (χ2n) is 7.63. The third-order valence-corrected chi connectivity index (χ3v) is 5.47. The molecule has 1 amide bonds. The Labute approximate surface area is 181 Å². The molecular weight excluding hydrogens is 394 g/mol. The smallest absolute Gasteiger partial charge is 0.388 e. The Hall–Kier alpha value is -3.23. The van der Waals surface area contributed by atoms with Crippen molar-refractivity contribution < 1.29 is 9.21 Å². The SMILES string of the molecule is CCc1ccccc1NC(=O)CN1CCN(Cn2nc(-c3ccccc3)oc2=O)CC1. The number of carbonyl (C=O) groups is 1. The molecule has 0 spiro atoms. The molecule has 8 nitrogen and oxygen atoms in total. The lowest BCUT2D eigenvalue weighted by Crippen LogP contribution is -2.49. The molecule has 2 heterocycles. The molecule has 1 aliphatic heterocycles. The molecule has 0 atom stereocenters. The normalized spacial score (nSPS) is 15.1. The number of piperazine rings is 1. The number of aryl methyl sites for hydroxylation is 1. The summed E-state index contributed by atoms with van der Waals surface area (Å²) >= 11 is 0. The van der Waals surface area contributed by atoms with Gasteiger partial charge in [0.25, 0.3) is 0 Å². The molecule has 162 valence electrons. The van der Waals surface area contributed by atoms with E-state index in [0.717, 1.165) is 49.4 Å². The fourth-order valence-corrected chi connectivity index (χ4v) is 3.71. The van der Waals surface area contributed by atoms with Crippen LogP contribution in [0.1, 0.15) is 12.5 Å². The highest BCUT2D eigenvalue weighted by molar-refractivity contribution is 5.93. The maximum atomic E-state index is 12.5. The van der Waals surface area contributed by atoms with Crippen LogP contribution in [0.2, 0.25) is 0 Å². The van der Waals surface area contributed by atoms with Crippen LogP contribution in [-0.2, 0) is 17.9 Å². The molecule has 1 aliphatic rings. The maximum Gasteiger partial charge on any atom is 0.438 e. The molecule has 1 fully saturated rings. The van der Waals surface area contributed by atoms with E-state index in [1.165, 1.54) is 4.68 Å². The van der Waals surface area contributed by atoms with E-state index in [-0.39, 0.29) is 5.91 Å². The van der Waals surface area contributed by atoms with Crippen molar-refractivity contribution in [3.8, 4) is 11.5 Å². The summed E-state index contributed by atoms with van der Waals surface area (Å²) in [7, 11) is 0. The predicted octanol–water partition coefficient (Wildman–Crippen LogP) is 2.28. The molecule has 4 rings (SSSR count). The number of para-hydroxylation sites is 1. The first-order valence-electron chi connectivity index (χ1n) is 10.6. The van der Waals surface area contributed by atoms with E-state index in [2.05, 4.69) is 27.1 Å². The van der Waals surface area contributed by atoms with Crippen LogP contribution in [0.5, 0.6) is 0 Å². The van der Waals surface area contributed by atoms with Crippen molar-refractivity contribution >= 4 is 11.6 Å². The molecule has 1 N–H and O–H groups in total. The lowest BCUT2D eigenvalue weighted by molar-refractivity contribution is -0.117. The van der Waals surface area contributed by atoms with Crippen LogP contribution >= 0.6 is 0 Å². The van der Waals surface area contributed by atoms with Gasteiger partial charge in [0.05, 0.1) is 6.54 Å². The van der Waals surface area contributed by atoms with E-state index in [9.17, 15) is 9.59 Å². The van der Waals surface area contributed by atoms with Crippen molar-refractivity contribution in [1.82, 2.24) is 19.6 Å². The van der Waals surface area contributed by atoms with Gasteiger partial charge in [-0.3, -0.25) is 14.6 Å². The largest absolute Gasteiger partial charge is 0.438 e. The number of hydrogen-bond acceptors (Lipinski definition) is 6. The van der Waals surface area contributed by atoms with Gasteiger partial charge in [-0.25, -0.2) is 4.79 Å². The molecule has 2 aromatic carbocycles. The fraction of sp³-hybridized carbons (Fsp3) is 0.348. The van der Waals surface area contributed by atoms with Crippen molar-refractivity contribution in [3.05, 3.63) is 70.7 Å². The highest BCUT2D eigenvalue weighted by atomic mass is 16.4. The molecule has 8 heteroatoms. The second kappa shape index (κ2) is 9.72. The number of nitrogens with one attached hydrogen (secondary N) is 1. The fourth-order valence-electron chi connectivity index (χ4n) is 3.71. The van der Waals surface area contributed by atoms with Crippen molar-refractivity contribution in [1.29, 1.82) is 0 Å². The van der Waals surface area contributed by atoms with Crippen molar-refractivity contribution in [2.45, 2.75) is 20.0 Å². The molecule has 0 bridgehead atoms. The average Bonchev–Trinajstić information content (AvgIpc) is 3.16. The number of aromatic nitrogens is 2. The zero-order valence-corrected chi connectivity index (χ0v) is 17.7. The van der Waals surface area contributed by atoms with Crippen molar-refractivity contribution in [2.24, 2.45) is 0 Å². The molecule has 0 aliphatic carbocycles. The number of anilines is 1. The first-order valence-corrected chi connectivity index (χ1v) is 10.6. The molecule has 1 saturated heterocycles. The van der Waals surface area contributed by atoms with Crippen LogP contribution in [0.15, 0.2) is 63.8 Å². The van der Waals surface area contributed by atoms with Gasteiger partial charge >= 0.3 is 5.76 Å². The van der Waals surface area contributed by atoms with Gasteiger partial charge in [0.1, 0.15) is 6.67 Å². The summed E-state index contributed by atoms with van der Waals surface area (Å²) in [5.41, 5.74) is 2.79. The monoisotopic (exact) mass is 421 g/mol. The van der Waals surface area contributed by atoms with Gasteiger partial charge in [0, 0.05) is 37.4 Å². The quantitative estimate of drug-likeness (QED) is 0.630. The molecule has 0 saturated carbocycles. The third-order valence-electron chi connectivity index (χ3n) is 5.47. The third kappa shape index (κ3) is 5.28. The number of hydrogen-bond donors (Lipinski definition) is 1. The van der Waals surface area contributed by atoms with E-state index < -0.39 is 5.76 Å². The van der Waals surface area contributed by atoms with Crippen LogP contribution in [0.4, 0.5) is 5.69 Å². The Morgan fingerprint density at radius 3 is 2.42 bits per heavy atom. The second-order valence-corrected chi connectivity index (χ2v) is 7.63. The van der Waals surface area contributed by atoms with E-state index in [1.54, 1.807) is 0 Å². The number of amides is 1. The summed E-state index contributed by atoms with van der Waals surface area (Å²) in [4.78, 5) is 28.9. The Balaban J connectivity index is 1.28. The van der Waals surface area contributed by atoms with E-state index in [1.807, 2.05) is 54.6 Å². The van der Waals surface area contributed by atoms with Crippen molar-refractivity contribution in [2.75, 3.05) is 38.0 Å². The van der Waals surface area contributed by atoms with Crippen LogP contribution in [0.3, 0.4) is 0 Å². The van der Waals surface area contributed by atoms with Gasteiger partial charge in [-0.1, -0.05) is 43.3 Å². The Morgan fingerprint density at radius 1 is 1.00 bits per heavy atom. The van der Waals surface area contributed by atoms with E-state index >= 15 is 0 Å². The highest BCUT2D eigenvalue weighted by Gasteiger charge is 2.21. The van der Waals surface area contributed by atoms with Gasteiger partial charge < -0.3 is 9.73 Å². The Morgan fingerprint density at radius 2 is 1.68 bits per heavy atom. The Bertz CT molecular complexity index is 1070. The maximum absolute atomic E-state index is 12.5. The molecular formula is C23H27N5O3. The molecule has 31 heavy (non-hydrogen) atoms. The standard InChI is InChI=1S/C23H27N5O3/c1-2-18-8-6-7-11-20(18)24-21(29)16-26-12-14-27(15-13-26)17-28-23(30)31-22(25-28)19-9-4-3-5-10-19/h3-11H,2,12-17H2,1H3,(H,24,29). The number of benzene rings is 2. The highest BCUT2D eigenvalue weighted by Crippen LogP contribution is 2.16. The van der Waals surface area contributed by atoms with Gasteiger partial charge in [0.2, 0.25) is 11.8 Å². The average molecular weight is 422 g/mol. The first-order chi connectivity index (χ1) is 15.1. The topological polar surface area (TPSA) is 83.6 Å². The molecule has 0 unspecified atom stereocenters. The summed E-state index contributed by atoms with van der Waals surface area (Å²) in [6.45, 7) is 5.81. The first kappa shape index (κ1) is 21.0. The lowest BCUT2D eigenvalue weighted by Gasteiger charge is -2.33. The molecule has 3 aromatic rings. The van der Waals surface area contributed by atoms with Gasteiger partial charge in [-0.15, -0.1) is 5.10 Å². The minimum atomic E-state index is -0.463. The zero-order valence-electron chi connectivity index (χ0n) is 17.7. The van der Waals surface area contributed by atoms with Gasteiger partial charge in [-0.05, 0) is 30.2 Å². The minimum Gasteiger partial charge on any atom is -0.388 e. The zero-order chi connectivity index (χ0) is 21.6. The summed E-state index contributed by atoms with van der Waals surface area (Å²) in [6, 6.07) is 17.3. The van der Waals surface area contributed by atoms with E-state index in [0.29, 0.717) is 19.1 Å². The van der Waals surface area contributed by atoms with Crippen LogP contribution in [0.25, 0.3) is 11.5 Å². The predicted molar refractivity (Wildman–Crippen MR) is 119 cm³/mol. The van der Waals surface area contributed by atoms with Crippen LogP contribution < -0.4 is 11.1 Å². The van der Waals surface area contributed by atoms with Crippen LogP contribution in [0, 0.1) is 0 Å². The summed E-state index contributed by atoms with van der Waals surface area (Å²) in [5, 5.41) is 7.35. The number of nitrogens with zero attached hydrogens (tertiary/aromatic N) is 4. The Kier molecular flexibility index (Phi) is 6.59. The van der Waals surface area contributed by atoms with Gasteiger partial charge in [-0.2, -0.15) is 4.68 Å². The van der Waals surface area contributed by atoms with Gasteiger partial charge in [0.15, 0.2) is 0 Å². The lowest BCUT2D eigenvalue weighted by atomic mass is 10.1.